The number of carbonyl (C=O) groups is 1. The summed E-state index contributed by atoms with van der Waals surface area (Å²) in [5.41, 5.74) is 0.611. The van der Waals surface area contributed by atoms with Gasteiger partial charge in [0.1, 0.15) is 18.2 Å². The van der Waals surface area contributed by atoms with Gasteiger partial charge in [0.25, 0.3) is 5.91 Å². The summed E-state index contributed by atoms with van der Waals surface area (Å²) in [6.07, 6.45) is 2.77. The summed E-state index contributed by atoms with van der Waals surface area (Å²) < 4.78 is 15.4. The van der Waals surface area contributed by atoms with Crippen molar-refractivity contribution in [3.63, 3.8) is 0 Å². The molecule has 138 valence electrons. The van der Waals surface area contributed by atoms with Gasteiger partial charge in [0.05, 0.1) is 11.6 Å². The van der Waals surface area contributed by atoms with Gasteiger partial charge in [-0.05, 0) is 37.3 Å². The zero-order valence-corrected chi connectivity index (χ0v) is 16.6. The predicted octanol–water partition coefficient (Wildman–Crippen LogP) is 3.04. The van der Waals surface area contributed by atoms with Crippen LogP contribution in [0, 0.1) is 17.1 Å². The fourth-order valence-electron chi connectivity index (χ4n) is 2.33. The average Bonchev–Trinajstić information content (AvgIpc) is 3.10. The van der Waals surface area contributed by atoms with E-state index in [9.17, 15) is 9.18 Å². The van der Waals surface area contributed by atoms with E-state index in [2.05, 4.69) is 36.3 Å². The van der Waals surface area contributed by atoms with Gasteiger partial charge in [-0.15, -0.1) is 0 Å². The lowest BCUT2D eigenvalue weighted by molar-refractivity contribution is 0.0937. The Bertz CT molecular complexity index is 981. The van der Waals surface area contributed by atoms with Crippen molar-refractivity contribution in [1.82, 2.24) is 25.1 Å². The van der Waals surface area contributed by atoms with Gasteiger partial charge in [-0.25, -0.2) is 14.4 Å². The lowest BCUT2D eigenvalue weighted by Gasteiger charge is -2.14. The number of hydrogen-bond acceptors (Lipinski definition) is 5. The molecule has 1 amide bonds. The van der Waals surface area contributed by atoms with Crippen LogP contribution in [0.5, 0.6) is 0 Å². The summed E-state index contributed by atoms with van der Waals surface area (Å²) in [6.45, 7) is 1.73. The van der Waals surface area contributed by atoms with Crippen molar-refractivity contribution in [2.24, 2.45) is 0 Å². The van der Waals surface area contributed by atoms with Gasteiger partial charge >= 0.3 is 0 Å². The van der Waals surface area contributed by atoms with Gasteiger partial charge in [0.15, 0.2) is 11.6 Å². The molecule has 7 nitrogen and oxygen atoms in total. The maximum atomic E-state index is 13.5. The summed E-state index contributed by atoms with van der Waals surface area (Å²) in [4.78, 5) is 20.7. The van der Waals surface area contributed by atoms with Crippen LogP contribution >= 0.6 is 29.4 Å². The third kappa shape index (κ3) is 4.69. The quantitative estimate of drug-likeness (QED) is 0.661. The molecule has 0 aliphatic heterocycles. The van der Waals surface area contributed by atoms with Crippen LogP contribution in [0.3, 0.4) is 0 Å². The Kier molecular flexibility index (Phi) is 6.65. The molecule has 27 heavy (non-hydrogen) atoms. The second-order valence-corrected chi connectivity index (χ2v) is 6.32. The molecule has 0 bridgehead atoms. The first-order valence-corrected chi connectivity index (χ1v) is 8.30. The maximum Gasteiger partial charge on any atom is 0.252 e. The van der Waals surface area contributed by atoms with E-state index in [1.165, 1.54) is 29.3 Å². The summed E-state index contributed by atoms with van der Waals surface area (Å²) in [5, 5.41) is 15.7. The highest BCUT2D eigenvalue weighted by Gasteiger charge is 2.18. The van der Waals surface area contributed by atoms with Crippen LogP contribution in [0.2, 0.25) is 0 Å². The monoisotopic (exact) mass is 448 g/mol. The lowest BCUT2D eigenvalue weighted by Crippen LogP contribution is -2.29. The Morgan fingerprint density at radius 2 is 2.11 bits per heavy atom. The number of hydrogen-bond donors (Lipinski definition) is 1. The second kappa shape index (κ2) is 8.75. The minimum absolute atomic E-state index is 0. The van der Waals surface area contributed by atoms with Gasteiger partial charge < -0.3 is 5.32 Å². The summed E-state index contributed by atoms with van der Waals surface area (Å²) in [5.74, 6) is -0.0423. The van der Waals surface area contributed by atoms with Crippen LogP contribution in [0.4, 0.5) is 4.39 Å². The molecule has 0 radical (unpaired) electrons. The van der Waals surface area contributed by atoms with Crippen molar-refractivity contribution < 1.29 is 9.18 Å². The van der Waals surface area contributed by atoms with E-state index in [1.54, 1.807) is 19.1 Å². The number of nitriles is 1. The van der Waals surface area contributed by atoms with Crippen molar-refractivity contribution >= 4 is 35.3 Å². The number of carbonyl (C=O) groups excluding carboxylic acids is 1. The number of pyridine rings is 1. The molecule has 0 spiro atoms. The zero-order chi connectivity index (χ0) is 18.7. The molecule has 0 aliphatic rings. The summed E-state index contributed by atoms with van der Waals surface area (Å²) in [6, 6.07) is 8.68. The third-order valence-corrected chi connectivity index (χ3v) is 3.99. The molecule has 0 aliphatic carbocycles. The van der Waals surface area contributed by atoms with E-state index >= 15 is 0 Å². The number of nitrogens with zero attached hydrogens (tertiary/aromatic N) is 5. The SMILES string of the molecule is C[C@H](NC(=O)c1cc(F)cc(Br)c1)c1ncnn1-c1ccc(C#N)cn1.S. The molecule has 2 heterocycles. The highest BCUT2D eigenvalue weighted by molar-refractivity contribution is 9.10. The molecule has 0 fully saturated rings. The second-order valence-electron chi connectivity index (χ2n) is 5.40. The van der Waals surface area contributed by atoms with Crippen molar-refractivity contribution in [1.29, 1.82) is 5.26 Å². The van der Waals surface area contributed by atoms with E-state index in [4.69, 9.17) is 5.26 Å². The number of amides is 1. The van der Waals surface area contributed by atoms with E-state index < -0.39 is 17.8 Å². The Hall–Kier alpha value is -2.77. The molecule has 1 N–H and O–H groups in total. The third-order valence-electron chi connectivity index (χ3n) is 3.53. The molecule has 3 aromatic rings. The molecule has 0 unspecified atom stereocenters. The summed E-state index contributed by atoms with van der Waals surface area (Å²) in [7, 11) is 0. The zero-order valence-electron chi connectivity index (χ0n) is 14.0. The molecule has 10 heteroatoms. The number of benzene rings is 1. The normalized spacial score (nSPS) is 11.2. The number of rotatable bonds is 4. The summed E-state index contributed by atoms with van der Waals surface area (Å²) >= 11 is 3.16. The number of nitrogens with one attached hydrogen (secondary N) is 1. The number of halogens is 2. The predicted molar refractivity (Wildman–Crippen MR) is 104 cm³/mol. The topological polar surface area (TPSA) is 96.5 Å². The molecule has 1 aromatic carbocycles. The van der Waals surface area contributed by atoms with E-state index in [0.717, 1.165) is 6.07 Å². The Balaban J connectivity index is 0.00000261. The van der Waals surface area contributed by atoms with Crippen LogP contribution in [0.1, 0.15) is 34.7 Å². The molecule has 3 rings (SSSR count). The minimum Gasteiger partial charge on any atom is -0.342 e. The first-order valence-electron chi connectivity index (χ1n) is 7.51. The molecular weight excluding hydrogens is 435 g/mol. The molecule has 1 atom stereocenters. The molecule has 0 saturated carbocycles. The van der Waals surface area contributed by atoms with Crippen LogP contribution in [-0.2, 0) is 0 Å². The van der Waals surface area contributed by atoms with Crippen LogP contribution in [0.25, 0.3) is 5.82 Å². The number of aromatic nitrogens is 4. The molecule has 0 saturated heterocycles. The van der Waals surface area contributed by atoms with Crippen molar-refractivity contribution in [2.45, 2.75) is 13.0 Å². The Labute approximate surface area is 169 Å². The van der Waals surface area contributed by atoms with Gasteiger partial charge in [0.2, 0.25) is 0 Å². The highest BCUT2D eigenvalue weighted by atomic mass is 79.9. The van der Waals surface area contributed by atoms with Crippen LogP contribution in [0.15, 0.2) is 47.3 Å². The standard InChI is InChI=1S/C17H12BrFN6O.H2S/c1-10(24-17(26)12-4-13(18)6-14(19)5-12)16-22-9-23-25(16)15-3-2-11(7-20)8-21-15;/h2-6,8-10H,1H3,(H,24,26);1H2/t10-;/m0./s1. The first kappa shape index (κ1) is 20.5. The Morgan fingerprint density at radius 1 is 1.33 bits per heavy atom. The van der Waals surface area contributed by atoms with Crippen LogP contribution < -0.4 is 5.32 Å². The van der Waals surface area contributed by atoms with Gasteiger partial charge in [-0.1, -0.05) is 15.9 Å². The van der Waals surface area contributed by atoms with Crippen LogP contribution in [-0.4, -0.2) is 25.7 Å². The van der Waals surface area contributed by atoms with Gasteiger partial charge in [-0.2, -0.15) is 28.5 Å². The first-order chi connectivity index (χ1) is 12.5. The largest absolute Gasteiger partial charge is 0.342 e. The van der Waals surface area contributed by atoms with Gasteiger partial charge in [-0.3, -0.25) is 4.79 Å². The van der Waals surface area contributed by atoms with Crippen molar-refractivity contribution in [3.05, 3.63) is 70.1 Å². The van der Waals surface area contributed by atoms with E-state index in [1.807, 2.05) is 6.07 Å². The Morgan fingerprint density at radius 3 is 2.74 bits per heavy atom. The van der Waals surface area contributed by atoms with E-state index in [0.29, 0.717) is 21.7 Å². The fourth-order valence-corrected chi connectivity index (χ4v) is 2.79. The minimum atomic E-state index is -0.512. The molecule has 2 aromatic heterocycles. The van der Waals surface area contributed by atoms with Crippen molar-refractivity contribution in [2.75, 3.05) is 0 Å². The lowest BCUT2D eigenvalue weighted by atomic mass is 10.2. The van der Waals surface area contributed by atoms with E-state index in [-0.39, 0.29) is 19.1 Å². The highest BCUT2D eigenvalue weighted by Crippen LogP contribution is 2.17. The smallest absolute Gasteiger partial charge is 0.252 e. The average molecular weight is 449 g/mol. The van der Waals surface area contributed by atoms with Gasteiger partial charge in [0, 0.05) is 16.2 Å². The molecular formula is C17H14BrFN6OS. The maximum absolute atomic E-state index is 13.5. The fraction of sp³-hybridized carbons (Fsp3) is 0.118. The van der Waals surface area contributed by atoms with Crippen molar-refractivity contribution in [3.8, 4) is 11.9 Å².